The molecule has 0 heterocycles. The molecule has 148 valence electrons. The first-order chi connectivity index (χ1) is 13.4. The molecule has 2 rings (SSSR count). The van der Waals surface area contributed by atoms with E-state index < -0.39 is 0 Å². The van der Waals surface area contributed by atoms with Crippen molar-refractivity contribution in [1.82, 2.24) is 10.2 Å². The minimum absolute atomic E-state index is 0.00191. The minimum atomic E-state index is -0.273. The van der Waals surface area contributed by atoms with Gasteiger partial charge >= 0.3 is 0 Å². The molecule has 2 N–H and O–H groups in total. The fraction of sp³-hybridized carbons (Fsp3) is 0.318. The number of aryl methyl sites for hydroxylation is 1. The Balaban J connectivity index is 2.04. The van der Waals surface area contributed by atoms with Crippen LogP contribution in [0.25, 0.3) is 0 Å². The average molecular weight is 398 g/mol. The van der Waals surface area contributed by atoms with Crippen LogP contribution in [-0.4, -0.2) is 34.9 Å². The second-order valence-electron chi connectivity index (χ2n) is 6.65. The summed E-state index contributed by atoms with van der Waals surface area (Å²) in [5, 5.41) is 5.84. The van der Waals surface area contributed by atoms with Crippen LogP contribution in [0.15, 0.2) is 48.5 Å². The van der Waals surface area contributed by atoms with E-state index in [0.717, 1.165) is 31.5 Å². The van der Waals surface area contributed by atoms with Crippen LogP contribution in [-0.2, 0) is 0 Å². The van der Waals surface area contributed by atoms with Crippen molar-refractivity contribution < 1.29 is 9.59 Å². The summed E-state index contributed by atoms with van der Waals surface area (Å²) >= 11 is 5.25. The highest BCUT2D eigenvalue weighted by Crippen LogP contribution is 2.14. The van der Waals surface area contributed by atoms with Gasteiger partial charge < -0.3 is 10.2 Å². The molecule has 0 aromatic heterocycles. The van der Waals surface area contributed by atoms with Crippen molar-refractivity contribution in [2.75, 3.05) is 18.4 Å². The van der Waals surface area contributed by atoms with Crippen LogP contribution in [0.1, 0.15) is 53.0 Å². The molecule has 2 amide bonds. The van der Waals surface area contributed by atoms with Gasteiger partial charge in [0.25, 0.3) is 11.8 Å². The van der Waals surface area contributed by atoms with Crippen molar-refractivity contribution in [3.05, 3.63) is 65.2 Å². The first-order valence-electron chi connectivity index (χ1n) is 9.53. The number of benzene rings is 2. The van der Waals surface area contributed by atoms with Crippen LogP contribution in [0.4, 0.5) is 5.69 Å². The van der Waals surface area contributed by atoms with Crippen molar-refractivity contribution in [3.8, 4) is 0 Å². The molecule has 0 atom stereocenters. The lowest BCUT2D eigenvalue weighted by Crippen LogP contribution is -2.34. The Bertz CT molecular complexity index is 845. The van der Waals surface area contributed by atoms with Gasteiger partial charge in [-0.2, -0.15) is 0 Å². The lowest BCUT2D eigenvalue weighted by atomic mass is 10.1. The van der Waals surface area contributed by atoms with Crippen LogP contribution in [0.5, 0.6) is 0 Å². The van der Waals surface area contributed by atoms with Gasteiger partial charge in [-0.3, -0.25) is 14.9 Å². The molecule has 6 heteroatoms. The third kappa shape index (κ3) is 6.16. The highest BCUT2D eigenvalue weighted by atomic mass is 32.1. The predicted molar refractivity (Wildman–Crippen MR) is 118 cm³/mol. The van der Waals surface area contributed by atoms with Gasteiger partial charge in [0.05, 0.1) is 0 Å². The molecule has 2 aromatic carbocycles. The first kappa shape index (κ1) is 21.6. The van der Waals surface area contributed by atoms with Gasteiger partial charge in [0.1, 0.15) is 0 Å². The molecular weight excluding hydrogens is 370 g/mol. The maximum Gasteiger partial charge on any atom is 0.257 e. The van der Waals surface area contributed by atoms with E-state index in [2.05, 4.69) is 24.5 Å². The summed E-state index contributed by atoms with van der Waals surface area (Å²) in [5.41, 5.74) is 2.80. The lowest BCUT2D eigenvalue weighted by molar-refractivity contribution is 0.0755. The van der Waals surface area contributed by atoms with E-state index in [9.17, 15) is 9.59 Å². The Morgan fingerprint density at radius 1 is 0.964 bits per heavy atom. The number of hydrogen-bond donors (Lipinski definition) is 2. The van der Waals surface area contributed by atoms with Crippen molar-refractivity contribution in [1.29, 1.82) is 0 Å². The van der Waals surface area contributed by atoms with Gasteiger partial charge in [0.15, 0.2) is 5.11 Å². The topological polar surface area (TPSA) is 61.4 Å². The molecule has 2 aromatic rings. The molecule has 5 nitrogen and oxygen atoms in total. The fourth-order valence-corrected chi connectivity index (χ4v) is 3.10. The Morgan fingerprint density at radius 2 is 1.61 bits per heavy atom. The number of rotatable bonds is 7. The third-order valence-electron chi connectivity index (χ3n) is 4.15. The predicted octanol–water partition coefficient (Wildman–Crippen LogP) is 4.38. The Morgan fingerprint density at radius 3 is 2.25 bits per heavy atom. The molecule has 0 fully saturated rings. The van der Waals surface area contributed by atoms with Crippen molar-refractivity contribution in [2.45, 2.75) is 33.6 Å². The lowest BCUT2D eigenvalue weighted by Gasteiger charge is -2.21. The van der Waals surface area contributed by atoms with Gasteiger partial charge in [-0.05, 0) is 62.3 Å². The second kappa shape index (κ2) is 10.6. The SMILES string of the molecule is CCCN(CCC)C(=O)c1cccc(NC(=S)NC(=O)c2cccc(C)c2)c1. The molecule has 0 aliphatic carbocycles. The van der Waals surface area contributed by atoms with Gasteiger partial charge in [0.2, 0.25) is 0 Å². The van der Waals surface area contributed by atoms with Crippen LogP contribution in [0, 0.1) is 6.92 Å². The van der Waals surface area contributed by atoms with Gasteiger partial charge in [-0.1, -0.05) is 37.6 Å². The Hall–Kier alpha value is -2.73. The zero-order valence-corrected chi connectivity index (χ0v) is 17.4. The van der Waals surface area contributed by atoms with E-state index in [-0.39, 0.29) is 16.9 Å². The summed E-state index contributed by atoms with van der Waals surface area (Å²) in [6.07, 6.45) is 1.83. The first-order valence-corrected chi connectivity index (χ1v) is 9.93. The summed E-state index contributed by atoms with van der Waals surface area (Å²) in [7, 11) is 0. The van der Waals surface area contributed by atoms with E-state index in [1.807, 2.05) is 30.0 Å². The van der Waals surface area contributed by atoms with E-state index in [1.165, 1.54) is 0 Å². The highest BCUT2D eigenvalue weighted by molar-refractivity contribution is 7.80. The van der Waals surface area contributed by atoms with Gasteiger partial charge in [-0.15, -0.1) is 0 Å². The van der Waals surface area contributed by atoms with Gasteiger partial charge in [-0.25, -0.2) is 0 Å². The number of carbonyl (C=O) groups is 2. The molecule has 0 saturated heterocycles. The molecular formula is C22H27N3O2S. The number of hydrogen-bond acceptors (Lipinski definition) is 3. The van der Waals surface area contributed by atoms with Crippen molar-refractivity contribution >= 4 is 34.8 Å². The van der Waals surface area contributed by atoms with Crippen LogP contribution < -0.4 is 10.6 Å². The largest absolute Gasteiger partial charge is 0.339 e. The molecule has 0 bridgehead atoms. The molecule has 0 spiro atoms. The van der Waals surface area contributed by atoms with E-state index in [4.69, 9.17) is 12.2 Å². The number of carbonyl (C=O) groups excluding carboxylic acids is 2. The summed E-state index contributed by atoms with van der Waals surface area (Å²) < 4.78 is 0. The quantitative estimate of drug-likeness (QED) is 0.681. The fourth-order valence-electron chi connectivity index (χ4n) is 2.89. The second-order valence-corrected chi connectivity index (χ2v) is 7.06. The maximum absolute atomic E-state index is 12.8. The van der Waals surface area contributed by atoms with Crippen LogP contribution >= 0.6 is 12.2 Å². The number of nitrogens with one attached hydrogen (secondary N) is 2. The number of thiocarbonyl (C=S) groups is 1. The van der Waals surface area contributed by atoms with Crippen LogP contribution in [0.2, 0.25) is 0 Å². The van der Waals surface area contributed by atoms with Crippen molar-refractivity contribution in [3.63, 3.8) is 0 Å². The standard InChI is InChI=1S/C22H27N3O2S/c1-4-12-25(13-5-2)21(27)18-10-7-11-19(15-18)23-22(28)24-20(26)17-9-6-8-16(3)14-17/h6-11,14-15H,4-5,12-13H2,1-3H3,(H2,23,24,26,28). The monoisotopic (exact) mass is 397 g/mol. The number of nitrogens with zero attached hydrogens (tertiary/aromatic N) is 1. The minimum Gasteiger partial charge on any atom is -0.339 e. The summed E-state index contributed by atoms with van der Waals surface area (Å²) in [4.78, 5) is 26.9. The summed E-state index contributed by atoms with van der Waals surface area (Å²) in [6, 6.07) is 14.5. The smallest absolute Gasteiger partial charge is 0.257 e. The molecule has 0 saturated carbocycles. The third-order valence-corrected chi connectivity index (χ3v) is 4.35. The van der Waals surface area contributed by atoms with E-state index >= 15 is 0 Å². The zero-order valence-electron chi connectivity index (χ0n) is 16.6. The zero-order chi connectivity index (χ0) is 20.5. The number of anilines is 1. The highest BCUT2D eigenvalue weighted by Gasteiger charge is 2.15. The Labute approximate surface area is 172 Å². The molecule has 0 aliphatic heterocycles. The summed E-state index contributed by atoms with van der Waals surface area (Å²) in [6.45, 7) is 7.51. The normalized spacial score (nSPS) is 10.2. The molecule has 0 aliphatic rings. The van der Waals surface area contributed by atoms with Crippen molar-refractivity contribution in [2.24, 2.45) is 0 Å². The maximum atomic E-state index is 12.8. The van der Waals surface area contributed by atoms with Gasteiger partial charge in [0, 0.05) is 29.9 Å². The van der Waals surface area contributed by atoms with E-state index in [1.54, 1.807) is 30.3 Å². The summed E-state index contributed by atoms with van der Waals surface area (Å²) in [5.74, 6) is -0.271. The Kier molecular flexibility index (Phi) is 8.14. The van der Waals surface area contributed by atoms with Crippen LogP contribution in [0.3, 0.4) is 0 Å². The number of amides is 2. The van der Waals surface area contributed by atoms with E-state index in [0.29, 0.717) is 16.8 Å². The average Bonchev–Trinajstić information content (AvgIpc) is 2.67. The molecule has 28 heavy (non-hydrogen) atoms. The molecule has 0 radical (unpaired) electrons. The molecule has 0 unspecified atom stereocenters.